The van der Waals surface area contributed by atoms with Gasteiger partial charge in [0.05, 0.1) is 0 Å². The van der Waals surface area contributed by atoms with Crippen molar-refractivity contribution in [1.82, 2.24) is 4.90 Å². The third-order valence-electron chi connectivity index (χ3n) is 3.59. The van der Waals surface area contributed by atoms with Gasteiger partial charge in [-0.3, -0.25) is 4.90 Å². The first-order valence-corrected chi connectivity index (χ1v) is 6.15. The molecule has 3 nitrogen and oxygen atoms in total. The monoisotopic (exact) mass is 217 g/mol. The fourth-order valence-electron chi connectivity index (χ4n) is 2.72. The molecule has 2 aliphatic heterocycles. The summed E-state index contributed by atoms with van der Waals surface area (Å²) < 4.78 is 0. The first kappa shape index (κ1) is 10.1. The second-order valence-corrected chi connectivity index (χ2v) is 4.95. The molecule has 1 fully saturated rings. The Morgan fingerprint density at radius 2 is 2.38 bits per heavy atom. The third-order valence-corrected chi connectivity index (χ3v) is 3.59. The zero-order valence-electron chi connectivity index (χ0n) is 9.58. The van der Waals surface area contributed by atoms with Crippen LogP contribution in [-0.2, 0) is 13.0 Å². The number of nitrogens with two attached hydrogens (primary N) is 1. The van der Waals surface area contributed by atoms with Crippen LogP contribution in [0.4, 0.5) is 5.69 Å². The van der Waals surface area contributed by atoms with Crippen LogP contribution in [0.15, 0.2) is 18.2 Å². The summed E-state index contributed by atoms with van der Waals surface area (Å²) in [6, 6.07) is 7.18. The molecule has 1 unspecified atom stereocenters. The van der Waals surface area contributed by atoms with E-state index >= 15 is 0 Å². The number of anilines is 1. The highest BCUT2D eigenvalue weighted by molar-refractivity contribution is 5.56. The number of benzene rings is 1. The van der Waals surface area contributed by atoms with Crippen molar-refractivity contribution < 1.29 is 0 Å². The average molecular weight is 217 g/mol. The number of hydrogen-bond acceptors (Lipinski definition) is 3. The van der Waals surface area contributed by atoms with Gasteiger partial charge >= 0.3 is 0 Å². The summed E-state index contributed by atoms with van der Waals surface area (Å²) in [7, 11) is 0. The van der Waals surface area contributed by atoms with Crippen molar-refractivity contribution in [3.63, 3.8) is 0 Å². The third kappa shape index (κ3) is 1.93. The lowest BCUT2D eigenvalue weighted by Gasteiger charge is -2.15. The second-order valence-electron chi connectivity index (χ2n) is 4.95. The molecule has 1 saturated heterocycles. The fraction of sp³-hybridized carbons (Fsp3) is 0.538. The Bertz CT molecular complexity index is 389. The standard InChI is InChI=1S/C13H19N3/c14-12-4-6-16(9-12)8-10-1-2-13-11(7-10)3-5-15-13/h1-2,7,12,15H,3-6,8-9,14H2. The number of nitrogens with zero attached hydrogens (tertiary/aromatic N) is 1. The molecule has 0 spiro atoms. The number of fused-ring (bicyclic) bond motifs is 1. The molecule has 0 aliphatic carbocycles. The molecule has 0 bridgehead atoms. The summed E-state index contributed by atoms with van der Waals surface area (Å²) in [5, 5.41) is 3.39. The molecular weight excluding hydrogens is 198 g/mol. The van der Waals surface area contributed by atoms with Crippen molar-refractivity contribution >= 4 is 5.69 Å². The average Bonchev–Trinajstić information content (AvgIpc) is 2.87. The van der Waals surface area contributed by atoms with Crippen molar-refractivity contribution in [1.29, 1.82) is 0 Å². The van der Waals surface area contributed by atoms with Gasteiger partial charge in [-0.25, -0.2) is 0 Å². The number of rotatable bonds is 2. The van der Waals surface area contributed by atoms with Gasteiger partial charge < -0.3 is 11.1 Å². The molecule has 2 heterocycles. The Kier molecular flexibility index (Phi) is 2.58. The maximum absolute atomic E-state index is 5.92. The Hall–Kier alpha value is -1.06. The molecular formula is C13H19N3. The lowest BCUT2D eigenvalue weighted by atomic mass is 10.1. The summed E-state index contributed by atoms with van der Waals surface area (Å²) in [6.45, 7) is 4.35. The molecule has 3 heteroatoms. The highest BCUT2D eigenvalue weighted by Gasteiger charge is 2.19. The van der Waals surface area contributed by atoms with E-state index in [0.717, 1.165) is 32.6 Å². The lowest BCUT2D eigenvalue weighted by Crippen LogP contribution is -2.26. The highest BCUT2D eigenvalue weighted by Crippen LogP contribution is 2.24. The predicted molar refractivity (Wildman–Crippen MR) is 66.5 cm³/mol. The van der Waals surface area contributed by atoms with Gasteiger partial charge in [0.25, 0.3) is 0 Å². The van der Waals surface area contributed by atoms with Crippen LogP contribution in [-0.4, -0.2) is 30.6 Å². The number of hydrogen-bond donors (Lipinski definition) is 2. The summed E-state index contributed by atoms with van der Waals surface area (Å²) in [4.78, 5) is 2.45. The van der Waals surface area contributed by atoms with E-state index in [9.17, 15) is 0 Å². The van der Waals surface area contributed by atoms with Crippen LogP contribution in [0.2, 0.25) is 0 Å². The van der Waals surface area contributed by atoms with Crippen LogP contribution in [0.1, 0.15) is 17.5 Å². The van der Waals surface area contributed by atoms with Gasteiger partial charge in [0.2, 0.25) is 0 Å². The number of nitrogens with one attached hydrogen (secondary N) is 1. The molecule has 2 aliphatic rings. The van der Waals surface area contributed by atoms with Gasteiger partial charge in [-0.1, -0.05) is 12.1 Å². The minimum absolute atomic E-state index is 0.385. The topological polar surface area (TPSA) is 41.3 Å². The normalized spacial score (nSPS) is 24.4. The summed E-state index contributed by atoms with van der Waals surface area (Å²) in [5.74, 6) is 0. The quantitative estimate of drug-likeness (QED) is 0.782. The fourth-order valence-corrected chi connectivity index (χ4v) is 2.72. The molecule has 1 aromatic carbocycles. The van der Waals surface area contributed by atoms with E-state index in [4.69, 9.17) is 5.73 Å². The van der Waals surface area contributed by atoms with Crippen LogP contribution in [0.25, 0.3) is 0 Å². The molecule has 1 aromatic rings. The van der Waals surface area contributed by atoms with Crippen molar-refractivity contribution in [3.8, 4) is 0 Å². The molecule has 86 valence electrons. The van der Waals surface area contributed by atoms with Gasteiger partial charge in [-0.15, -0.1) is 0 Å². The maximum atomic E-state index is 5.92. The van der Waals surface area contributed by atoms with Crippen LogP contribution in [0, 0.1) is 0 Å². The Morgan fingerprint density at radius 3 is 3.19 bits per heavy atom. The van der Waals surface area contributed by atoms with Crippen molar-refractivity contribution in [2.75, 3.05) is 25.0 Å². The van der Waals surface area contributed by atoms with E-state index in [1.165, 1.54) is 23.2 Å². The predicted octanol–water partition coefficient (Wildman–Crippen LogP) is 1.19. The molecule has 16 heavy (non-hydrogen) atoms. The van der Waals surface area contributed by atoms with Gasteiger partial charge in [-0.2, -0.15) is 0 Å². The first-order valence-electron chi connectivity index (χ1n) is 6.15. The van der Waals surface area contributed by atoms with Crippen molar-refractivity contribution in [2.24, 2.45) is 5.73 Å². The van der Waals surface area contributed by atoms with E-state index in [0.29, 0.717) is 6.04 Å². The smallest absolute Gasteiger partial charge is 0.0373 e. The summed E-state index contributed by atoms with van der Waals surface area (Å²) >= 11 is 0. The maximum Gasteiger partial charge on any atom is 0.0373 e. The lowest BCUT2D eigenvalue weighted by molar-refractivity contribution is 0.327. The SMILES string of the molecule is NC1CCN(Cc2ccc3c(c2)CCN3)C1. The summed E-state index contributed by atoms with van der Waals surface area (Å²) in [6.07, 6.45) is 2.31. The summed E-state index contributed by atoms with van der Waals surface area (Å²) in [5.41, 5.74) is 10.1. The van der Waals surface area contributed by atoms with Crippen molar-refractivity contribution in [3.05, 3.63) is 29.3 Å². The number of likely N-dealkylation sites (tertiary alicyclic amines) is 1. The van der Waals surface area contributed by atoms with Crippen LogP contribution in [0.5, 0.6) is 0 Å². The molecule has 0 radical (unpaired) electrons. The Labute approximate surface area is 96.6 Å². The molecule has 3 N–H and O–H groups in total. The van der Waals surface area contributed by atoms with E-state index in [1.54, 1.807) is 0 Å². The van der Waals surface area contributed by atoms with E-state index in [2.05, 4.69) is 28.4 Å². The zero-order valence-corrected chi connectivity index (χ0v) is 9.58. The van der Waals surface area contributed by atoms with Gasteiger partial charge in [0.1, 0.15) is 0 Å². The Balaban J connectivity index is 1.71. The van der Waals surface area contributed by atoms with Crippen LogP contribution >= 0.6 is 0 Å². The van der Waals surface area contributed by atoms with E-state index < -0.39 is 0 Å². The van der Waals surface area contributed by atoms with Crippen LogP contribution < -0.4 is 11.1 Å². The first-order chi connectivity index (χ1) is 7.81. The van der Waals surface area contributed by atoms with Crippen molar-refractivity contribution in [2.45, 2.75) is 25.4 Å². The van der Waals surface area contributed by atoms with Gasteiger partial charge in [-0.05, 0) is 30.0 Å². The minimum Gasteiger partial charge on any atom is -0.384 e. The Morgan fingerprint density at radius 1 is 1.44 bits per heavy atom. The molecule has 0 saturated carbocycles. The van der Waals surface area contributed by atoms with Gasteiger partial charge in [0.15, 0.2) is 0 Å². The van der Waals surface area contributed by atoms with E-state index in [-0.39, 0.29) is 0 Å². The highest BCUT2D eigenvalue weighted by atomic mass is 15.2. The molecule has 3 rings (SSSR count). The zero-order chi connectivity index (χ0) is 11.0. The van der Waals surface area contributed by atoms with Gasteiger partial charge in [0, 0.05) is 37.9 Å². The van der Waals surface area contributed by atoms with E-state index in [1.807, 2.05) is 0 Å². The van der Waals surface area contributed by atoms with Crippen LogP contribution in [0.3, 0.4) is 0 Å². The molecule has 1 atom stereocenters. The molecule has 0 amide bonds. The second kappa shape index (κ2) is 4.07. The molecule has 0 aromatic heterocycles. The largest absolute Gasteiger partial charge is 0.384 e. The minimum atomic E-state index is 0.385.